The Morgan fingerprint density at radius 2 is 1.70 bits per heavy atom. The first-order chi connectivity index (χ1) is 18.9. The zero-order chi connectivity index (χ0) is 29.1. The van der Waals surface area contributed by atoms with Crippen LogP contribution in [0.5, 0.6) is 5.75 Å². The normalized spacial score (nSPS) is 14.0. The molecule has 0 spiro atoms. The van der Waals surface area contributed by atoms with E-state index < -0.39 is 44.8 Å². The summed E-state index contributed by atoms with van der Waals surface area (Å²) in [5.74, 6) is -1.28. The summed E-state index contributed by atoms with van der Waals surface area (Å²) in [6.45, 7) is 0.216. The van der Waals surface area contributed by atoms with Crippen LogP contribution >= 0.6 is 0 Å². The molecule has 40 heavy (non-hydrogen) atoms. The van der Waals surface area contributed by atoms with E-state index in [1.54, 1.807) is 12.1 Å². The highest BCUT2D eigenvalue weighted by atomic mass is 32.2. The molecule has 0 aromatic heterocycles. The van der Waals surface area contributed by atoms with Crippen LogP contribution < -0.4 is 13.9 Å². The summed E-state index contributed by atoms with van der Waals surface area (Å²) in [4.78, 5) is 1.33. The van der Waals surface area contributed by atoms with Crippen LogP contribution in [0.2, 0.25) is 0 Å². The van der Waals surface area contributed by atoms with Gasteiger partial charge >= 0.3 is 12.8 Å². The second kappa shape index (κ2) is 12.0. The Morgan fingerprint density at radius 3 is 2.40 bits per heavy atom. The van der Waals surface area contributed by atoms with Crippen molar-refractivity contribution >= 4 is 21.4 Å². The van der Waals surface area contributed by atoms with E-state index in [1.807, 2.05) is 11.8 Å². The smallest absolute Gasteiger partial charge is 0.416 e. The minimum absolute atomic E-state index is 0.0916. The second-order valence-electron chi connectivity index (χ2n) is 8.96. The molecule has 0 unspecified atom stereocenters. The summed E-state index contributed by atoms with van der Waals surface area (Å²) in [5, 5.41) is 0. The highest BCUT2D eigenvalue weighted by molar-refractivity contribution is 7.92. The van der Waals surface area contributed by atoms with Gasteiger partial charge in [-0.25, -0.2) is 12.8 Å². The topological polar surface area (TPSA) is 59.1 Å². The van der Waals surface area contributed by atoms with Crippen LogP contribution in [-0.2, 0) is 20.9 Å². The van der Waals surface area contributed by atoms with Gasteiger partial charge in [-0.15, -0.1) is 0 Å². The number of anilines is 2. The average Bonchev–Trinajstić information content (AvgIpc) is 2.89. The van der Waals surface area contributed by atoms with Crippen molar-refractivity contribution in [2.24, 2.45) is 0 Å². The van der Waals surface area contributed by atoms with Crippen LogP contribution in [0, 0.1) is 5.82 Å². The standard InChI is InChI=1S/C27H26F6N2O4S/c1-2-11-38-12-10-34-8-9-35(40(36,37)23-5-3-4-20(16-23)27(31,32)33)25-15-18(6-7-24(25)34)19-13-21(28)17-22(14-19)39-26(29)30/h3-7,13-17,26H,2,8-12H2,1H3. The first-order valence-corrected chi connectivity index (χ1v) is 13.8. The maximum atomic E-state index is 14.2. The van der Waals surface area contributed by atoms with E-state index in [2.05, 4.69) is 4.74 Å². The van der Waals surface area contributed by atoms with Gasteiger partial charge in [0, 0.05) is 25.8 Å². The first-order valence-electron chi connectivity index (χ1n) is 12.3. The van der Waals surface area contributed by atoms with Gasteiger partial charge in [0.1, 0.15) is 11.6 Å². The summed E-state index contributed by atoms with van der Waals surface area (Å²) in [5.41, 5.74) is -0.0899. The molecule has 0 amide bonds. The molecule has 0 radical (unpaired) electrons. The average molecular weight is 589 g/mol. The van der Waals surface area contributed by atoms with Crippen molar-refractivity contribution in [2.75, 3.05) is 42.1 Å². The molecule has 13 heteroatoms. The van der Waals surface area contributed by atoms with Crippen LogP contribution in [0.3, 0.4) is 0 Å². The van der Waals surface area contributed by atoms with Crippen molar-refractivity contribution in [1.82, 2.24) is 0 Å². The Hall–Kier alpha value is -3.45. The number of nitrogens with zero attached hydrogens (tertiary/aromatic N) is 2. The van der Waals surface area contributed by atoms with Crippen LogP contribution in [0.25, 0.3) is 11.1 Å². The van der Waals surface area contributed by atoms with Crippen molar-refractivity contribution < 1.29 is 44.2 Å². The third-order valence-electron chi connectivity index (χ3n) is 6.19. The predicted octanol–water partition coefficient (Wildman–Crippen LogP) is 6.55. The highest BCUT2D eigenvalue weighted by Crippen LogP contribution is 2.41. The lowest BCUT2D eigenvalue weighted by Crippen LogP contribution is -2.45. The SMILES string of the molecule is CCCOCCN1CCN(S(=O)(=O)c2cccc(C(F)(F)F)c2)c2cc(-c3cc(F)cc(OC(F)F)c3)ccc21. The Bertz CT molecular complexity index is 1450. The molecule has 4 rings (SSSR count). The number of alkyl halides is 5. The summed E-state index contributed by atoms with van der Waals surface area (Å²) in [7, 11) is -4.46. The lowest BCUT2D eigenvalue weighted by atomic mass is 10.0. The number of halogens is 6. The van der Waals surface area contributed by atoms with Crippen molar-refractivity contribution in [3.05, 3.63) is 72.0 Å². The summed E-state index contributed by atoms with van der Waals surface area (Å²) in [6.07, 6.45) is -3.93. The molecule has 0 N–H and O–H groups in total. The summed E-state index contributed by atoms with van der Waals surface area (Å²) >= 11 is 0. The molecule has 0 saturated heterocycles. The van der Waals surface area contributed by atoms with Crippen LogP contribution in [0.1, 0.15) is 18.9 Å². The molecule has 0 bridgehead atoms. The zero-order valence-corrected chi connectivity index (χ0v) is 22.1. The van der Waals surface area contributed by atoms with Gasteiger partial charge in [0.25, 0.3) is 10.0 Å². The van der Waals surface area contributed by atoms with E-state index in [-0.39, 0.29) is 29.9 Å². The fourth-order valence-corrected chi connectivity index (χ4v) is 5.89. The third kappa shape index (κ3) is 6.64. The van der Waals surface area contributed by atoms with E-state index >= 15 is 0 Å². The van der Waals surface area contributed by atoms with Gasteiger partial charge in [0.15, 0.2) is 0 Å². The van der Waals surface area contributed by atoms with Gasteiger partial charge in [0.2, 0.25) is 0 Å². The van der Waals surface area contributed by atoms with E-state index in [9.17, 15) is 34.8 Å². The first kappa shape index (κ1) is 29.5. The molecule has 216 valence electrons. The number of rotatable bonds is 10. The monoisotopic (exact) mass is 588 g/mol. The molecule has 0 atom stereocenters. The predicted molar refractivity (Wildman–Crippen MR) is 138 cm³/mol. The number of fused-ring (bicyclic) bond motifs is 1. The van der Waals surface area contributed by atoms with Gasteiger partial charge in [-0.05, 0) is 60.0 Å². The van der Waals surface area contributed by atoms with Gasteiger partial charge in [-0.3, -0.25) is 4.31 Å². The van der Waals surface area contributed by atoms with E-state index in [0.717, 1.165) is 41.1 Å². The Kier molecular flexibility index (Phi) is 8.83. The maximum Gasteiger partial charge on any atom is 0.416 e. The van der Waals surface area contributed by atoms with Gasteiger partial charge in [0.05, 0.1) is 35.0 Å². The zero-order valence-electron chi connectivity index (χ0n) is 21.3. The molecule has 6 nitrogen and oxygen atoms in total. The minimum Gasteiger partial charge on any atom is -0.435 e. The van der Waals surface area contributed by atoms with Crippen LogP contribution in [0.4, 0.5) is 37.7 Å². The molecule has 1 aliphatic heterocycles. The fraction of sp³-hybridized carbons (Fsp3) is 0.333. The molecule has 3 aromatic rings. The Balaban J connectivity index is 1.79. The van der Waals surface area contributed by atoms with Crippen LogP contribution in [0.15, 0.2) is 65.6 Å². The van der Waals surface area contributed by atoms with E-state index in [4.69, 9.17) is 4.74 Å². The lowest BCUT2D eigenvalue weighted by molar-refractivity contribution is -0.137. The summed E-state index contributed by atoms with van der Waals surface area (Å²) < 4.78 is 118. The highest BCUT2D eigenvalue weighted by Gasteiger charge is 2.35. The Morgan fingerprint density at radius 1 is 0.925 bits per heavy atom. The van der Waals surface area contributed by atoms with Crippen molar-refractivity contribution in [3.63, 3.8) is 0 Å². The molecule has 1 heterocycles. The van der Waals surface area contributed by atoms with E-state index in [0.29, 0.717) is 31.5 Å². The number of sulfonamides is 1. The van der Waals surface area contributed by atoms with Crippen LogP contribution in [-0.4, -0.2) is 47.9 Å². The number of benzene rings is 3. The quantitative estimate of drug-likeness (QED) is 0.199. The second-order valence-corrected chi connectivity index (χ2v) is 10.8. The summed E-state index contributed by atoms with van der Waals surface area (Å²) in [6, 6.07) is 11.1. The van der Waals surface area contributed by atoms with Crippen molar-refractivity contribution in [1.29, 1.82) is 0 Å². The number of hydrogen-bond acceptors (Lipinski definition) is 5. The molecule has 0 aliphatic carbocycles. The largest absolute Gasteiger partial charge is 0.435 e. The maximum absolute atomic E-state index is 14.2. The fourth-order valence-electron chi connectivity index (χ4n) is 4.39. The molecule has 1 aliphatic rings. The minimum atomic E-state index is -4.75. The van der Waals surface area contributed by atoms with Gasteiger partial charge < -0.3 is 14.4 Å². The van der Waals surface area contributed by atoms with Crippen molar-refractivity contribution in [2.45, 2.75) is 31.0 Å². The third-order valence-corrected chi connectivity index (χ3v) is 8.00. The number of hydrogen-bond donors (Lipinski definition) is 0. The molecule has 3 aromatic carbocycles. The lowest BCUT2D eigenvalue weighted by Gasteiger charge is -2.38. The molecule has 0 fully saturated rings. The van der Waals surface area contributed by atoms with Crippen molar-refractivity contribution in [3.8, 4) is 16.9 Å². The molecular weight excluding hydrogens is 562 g/mol. The van der Waals surface area contributed by atoms with Gasteiger partial charge in [-0.1, -0.05) is 19.1 Å². The number of ether oxygens (including phenoxy) is 2. The molecule has 0 saturated carbocycles. The molecular formula is C27H26F6N2O4S. The van der Waals surface area contributed by atoms with E-state index in [1.165, 1.54) is 12.1 Å². The Labute approximate surface area is 227 Å². The van der Waals surface area contributed by atoms with Gasteiger partial charge in [-0.2, -0.15) is 22.0 Å².